The normalized spacial score (nSPS) is 9.86. The van der Waals surface area contributed by atoms with Crippen molar-refractivity contribution < 1.29 is 29.2 Å². The molecule has 0 fully saturated rings. The second-order valence-corrected chi connectivity index (χ2v) is 2.44. The molecular formula is C8H7FO5. The lowest BCUT2D eigenvalue weighted by Gasteiger charge is -2.08. The fourth-order valence-corrected chi connectivity index (χ4v) is 0.966. The highest BCUT2D eigenvalue weighted by Gasteiger charge is 2.21. The molecule has 0 aliphatic heterocycles. The van der Waals surface area contributed by atoms with Gasteiger partial charge in [-0.2, -0.15) is 0 Å². The van der Waals surface area contributed by atoms with Crippen LogP contribution in [0.5, 0.6) is 17.2 Å². The van der Waals surface area contributed by atoms with Crippen molar-refractivity contribution in [1.82, 2.24) is 0 Å². The smallest absolute Gasteiger partial charge is 0.339 e. The van der Waals surface area contributed by atoms with Crippen molar-refractivity contribution in [2.24, 2.45) is 0 Å². The van der Waals surface area contributed by atoms with E-state index in [4.69, 9.17) is 15.3 Å². The standard InChI is InChI=1S/C8H7FO5/c1-14-7-4(9)2-3(8(12)13)5(10)6(7)11/h2,10-11H,1H3,(H,12,13). The Morgan fingerprint density at radius 3 is 2.43 bits per heavy atom. The molecule has 0 bridgehead atoms. The summed E-state index contributed by atoms with van der Waals surface area (Å²) in [6.07, 6.45) is 0. The number of phenols is 2. The average molecular weight is 202 g/mol. The summed E-state index contributed by atoms with van der Waals surface area (Å²) < 4.78 is 17.4. The van der Waals surface area contributed by atoms with Gasteiger partial charge in [-0.1, -0.05) is 0 Å². The average Bonchev–Trinajstić information content (AvgIpc) is 2.12. The van der Waals surface area contributed by atoms with Crippen LogP contribution in [-0.2, 0) is 0 Å². The molecule has 0 saturated carbocycles. The second-order valence-electron chi connectivity index (χ2n) is 2.44. The van der Waals surface area contributed by atoms with Crippen molar-refractivity contribution in [3.63, 3.8) is 0 Å². The third-order valence-electron chi connectivity index (χ3n) is 1.62. The van der Waals surface area contributed by atoms with Crippen LogP contribution >= 0.6 is 0 Å². The first-order valence-electron chi connectivity index (χ1n) is 3.50. The molecular weight excluding hydrogens is 195 g/mol. The molecule has 1 aromatic carbocycles. The molecule has 0 aromatic heterocycles. The molecule has 0 atom stereocenters. The van der Waals surface area contributed by atoms with Gasteiger partial charge in [-0.25, -0.2) is 9.18 Å². The zero-order valence-electron chi connectivity index (χ0n) is 7.11. The number of carboxylic acid groups (broad SMARTS) is 1. The highest BCUT2D eigenvalue weighted by atomic mass is 19.1. The summed E-state index contributed by atoms with van der Waals surface area (Å²) in [7, 11) is 1.08. The van der Waals surface area contributed by atoms with Gasteiger partial charge in [0.2, 0.25) is 11.5 Å². The molecule has 3 N–H and O–H groups in total. The van der Waals surface area contributed by atoms with Gasteiger partial charge < -0.3 is 20.1 Å². The van der Waals surface area contributed by atoms with Gasteiger partial charge in [0, 0.05) is 0 Å². The molecule has 0 aliphatic carbocycles. The molecule has 5 nitrogen and oxygen atoms in total. The van der Waals surface area contributed by atoms with Crippen LogP contribution in [0.25, 0.3) is 0 Å². The number of hydrogen-bond acceptors (Lipinski definition) is 4. The van der Waals surface area contributed by atoms with Crippen molar-refractivity contribution in [1.29, 1.82) is 0 Å². The van der Waals surface area contributed by atoms with Crippen LogP contribution in [0.4, 0.5) is 4.39 Å². The molecule has 0 amide bonds. The van der Waals surface area contributed by atoms with Gasteiger partial charge in [0.25, 0.3) is 0 Å². The molecule has 76 valence electrons. The van der Waals surface area contributed by atoms with Crippen LogP contribution in [0, 0.1) is 5.82 Å². The van der Waals surface area contributed by atoms with E-state index in [1.807, 2.05) is 0 Å². The predicted molar refractivity (Wildman–Crippen MR) is 43.2 cm³/mol. The summed E-state index contributed by atoms with van der Waals surface area (Å²) in [5, 5.41) is 26.8. The first kappa shape index (κ1) is 10.1. The summed E-state index contributed by atoms with van der Waals surface area (Å²) in [6.45, 7) is 0. The number of ether oxygens (including phenoxy) is 1. The molecule has 0 aliphatic rings. The van der Waals surface area contributed by atoms with E-state index in [0.717, 1.165) is 7.11 Å². The van der Waals surface area contributed by atoms with Crippen molar-refractivity contribution in [2.45, 2.75) is 0 Å². The Labute approximate surface area is 78.0 Å². The molecule has 1 rings (SSSR count). The van der Waals surface area contributed by atoms with Gasteiger partial charge in [0.05, 0.1) is 7.11 Å². The number of aromatic hydroxyl groups is 2. The molecule has 14 heavy (non-hydrogen) atoms. The topological polar surface area (TPSA) is 87.0 Å². The number of rotatable bonds is 2. The van der Waals surface area contributed by atoms with E-state index in [1.165, 1.54) is 0 Å². The minimum atomic E-state index is -1.54. The van der Waals surface area contributed by atoms with Crippen LogP contribution in [0.2, 0.25) is 0 Å². The van der Waals surface area contributed by atoms with Crippen LogP contribution < -0.4 is 4.74 Å². The van der Waals surface area contributed by atoms with Gasteiger partial charge in [-0.05, 0) is 6.07 Å². The van der Waals surface area contributed by atoms with Crippen molar-refractivity contribution >= 4 is 5.97 Å². The Morgan fingerprint density at radius 1 is 1.43 bits per heavy atom. The van der Waals surface area contributed by atoms with E-state index >= 15 is 0 Å². The van der Waals surface area contributed by atoms with Crippen molar-refractivity contribution in [3.05, 3.63) is 17.4 Å². The highest BCUT2D eigenvalue weighted by Crippen LogP contribution is 2.39. The maximum atomic E-state index is 13.0. The first-order valence-corrected chi connectivity index (χ1v) is 3.50. The van der Waals surface area contributed by atoms with Crippen LogP contribution in [0.3, 0.4) is 0 Å². The molecule has 0 spiro atoms. The Balaban J connectivity index is 3.47. The fourth-order valence-electron chi connectivity index (χ4n) is 0.966. The minimum Gasteiger partial charge on any atom is -0.504 e. The number of carbonyl (C=O) groups is 1. The monoisotopic (exact) mass is 202 g/mol. The van der Waals surface area contributed by atoms with Gasteiger partial charge in [-0.3, -0.25) is 0 Å². The Kier molecular flexibility index (Phi) is 2.46. The Morgan fingerprint density at radius 2 is 2.00 bits per heavy atom. The van der Waals surface area contributed by atoms with E-state index in [1.54, 1.807) is 0 Å². The number of benzene rings is 1. The second kappa shape index (κ2) is 3.41. The summed E-state index contributed by atoms with van der Waals surface area (Å²) >= 11 is 0. The highest BCUT2D eigenvalue weighted by molar-refractivity contribution is 5.92. The Bertz CT molecular complexity index is 388. The fraction of sp³-hybridized carbons (Fsp3) is 0.125. The lowest BCUT2D eigenvalue weighted by molar-refractivity contribution is 0.0692. The van der Waals surface area contributed by atoms with E-state index in [0.29, 0.717) is 6.07 Å². The predicted octanol–water partition coefficient (Wildman–Crippen LogP) is 0.944. The van der Waals surface area contributed by atoms with E-state index in [9.17, 15) is 9.18 Å². The first-order chi connectivity index (χ1) is 6.49. The molecule has 6 heteroatoms. The zero-order chi connectivity index (χ0) is 10.9. The molecule has 0 saturated heterocycles. The summed E-state index contributed by atoms with van der Waals surface area (Å²) in [5.41, 5.74) is -0.721. The third-order valence-corrected chi connectivity index (χ3v) is 1.62. The lowest BCUT2D eigenvalue weighted by atomic mass is 10.1. The number of hydrogen-bond donors (Lipinski definition) is 3. The van der Waals surface area contributed by atoms with Gasteiger partial charge >= 0.3 is 5.97 Å². The van der Waals surface area contributed by atoms with E-state index in [2.05, 4.69) is 4.74 Å². The number of phenolic OH excluding ortho intramolecular Hbond substituents is 1. The van der Waals surface area contributed by atoms with Crippen molar-refractivity contribution in [3.8, 4) is 17.2 Å². The van der Waals surface area contributed by atoms with Crippen LogP contribution in [-0.4, -0.2) is 28.4 Å². The van der Waals surface area contributed by atoms with Crippen LogP contribution in [0.15, 0.2) is 6.07 Å². The minimum absolute atomic E-state index is 0.566. The largest absolute Gasteiger partial charge is 0.504 e. The maximum Gasteiger partial charge on any atom is 0.339 e. The Hall–Kier alpha value is -1.98. The van der Waals surface area contributed by atoms with Gasteiger partial charge in [-0.15, -0.1) is 0 Å². The summed E-state index contributed by atoms with van der Waals surface area (Å²) in [5.74, 6) is -5.03. The van der Waals surface area contributed by atoms with E-state index < -0.39 is 34.6 Å². The number of carboxylic acids is 1. The molecule has 0 heterocycles. The van der Waals surface area contributed by atoms with Crippen LogP contribution in [0.1, 0.15) is 10.4 Å². The number of halogens is 1. The maximum absolute atomic E-state index is 13.0. The number of aromatic carboxylic acids is 1. The third kappa shape index (κ3) is 1.41. The van der Waals surface area contributed by atoms with Gasteiger partial charge in [0.15, 0.2) is 11.6 Å². The van der Waals surface area contributed by atoms with Gasteiger partial charge in [0.1, 0.15) is 5.56 Å². The summed E-state index contributed by atoms with van der Waals surface area (Å²) in [4.78, 5) is 10.4. The zero-order valence-corrected chi connectivity index (χ0v) is 7.11. The lowest BCUT2D eigenvalue weighted by Crippen LogP contribution is -2.00. The number of methoxy groups -OCH3 is 1. The molecule has 0 radical (unpaired) electrons. The van der Waals surface area contributed by atoms with E-state index in [-0.39, 0.29) is 0 Å². The van der Waals surface area contributed by atoms with Crippen molar-refractivity contribution in [2.75, 3.05) is 7.11 Å². The molecule has 1 aromatic rings. The molecule has 0 unspecified atom stereocenters. The quantitative estimate of drug-likeness (QED) is 0.621. The SMILES string of the molecule is COc1c(F)cc(C(=O)O)c(O)c1O. The summed E-state index contributed by atoms with van der Waals surface area (Å²) in [6, 6.07) is 0.566.